The van der Waals surface area contributed by atoms with E-state index < -0.39 is 5.25 Å². The van der Waals surface area contributed by atoms with E-state index in [2.05, 4.69) is 41.5 Å². The van der Waals surface area contributed by atoms with E-state index in [1.165, 1.54) is 17.3 Å². The molecule has 194 valence electrons. The molecule has 0 saturated heterocycles. The number of nitrogens with one attached hydrogen (secondary N) is 1. The normalized spacial score (nSPS) is 18.8. The second-order valence-electron chi connectivity index (χ2n) is 9.72. The van der Waals surface area contributed by atoms with Gasteiger partial charge in [-0.15, -0.1) is 0 Å². The number of ether oxygens (including phenoxy) is 1. The SMILES string of the molecule is COc1ccc([C@@H]2CC(c3ccc(C)cc3)=NN2C2=NC(=O)[C@H](CC(=O)Nc3cc(C)cc(C)c3)S2)cc1. The van der Waals surface area contributed by atoms with Crippen LogP contribution < -0.4 is 10.1 Å². The van der Waals surface area contributed by atoms with Crippen LogP contribution in [0.1, 0.15) is 46.7 Å². The van der Waals surface area contributed by atoms with Gasteiger partial charge in [0.2, 0.25) is 5.91 Å². The van der Waals surface area contributed by atoms with Gasteiger partial charge in [0.05, 0.1) is 18.9 Å². The van der Waals surface area contributed by atoms with Crippen LogP contribution >= 0.6 is 11.8 Å². The maximum absolute atomic E-state index is 12.9. The topological polar surface area (TPSA) is 83.4 Å². The van der Waals surface area contributed by atoms with Crippen molar-refractivity contribution in [2.24, 2.45) is 10.1 Å². The lowest BCUT2D eigenvalue weighted by Crippen LogP contribution is -2.25. The highest BCUT2D eigenvalue weighted by atomic mass is 32.2. The summed E-state index contributed by atoms with van der Waals surface area (Å²) >= 11 is 1.30. The molecule has 0 radical (unpaired) electrons. The minimum atomic E-state index is -0.592. The van der Waals surface area contributed by atoms with Crippen LogP contribution in [0.3, 0.4) is 0 Å². The summed E-state index contributed by atoms with van der Waals surface area (Å²) in [5.74, 6) is 0.248. The zero-order valence-electron chi connectivity index (χ0n) is 21.9. The van der Waals surface area contributed by atoms with Gasteiger partial charge >= 0.3 is 0 Å². The number of rotatable bonds is 6. The summed E-state index contributed by atoms with van der Waals surface area (Å²) in [6, 6.07) is 21.9. The molecule has 0 unspecified atom stereocenters. The summed E-state index contributed by atoms with van der Waals surface area (Å²) in [5, 5.41) is 9.60. The zero-order chi connectivity index (χ0) is 26.8. The molecule has 2 amide bonds. The van der Waals surface area contributed by atoms with Crippen LogP contribution in [-0.2, 0) is 9.59 Å². The number of aryl methyl sites for hydroxylation is 3. The highest BCUT2D eigenvalue weighted by Gasteiger charge is 2.39. The number of carbonyl (C=O) groups is 2. The van der Waals surface area contributed by atoms with Crippen molar-refractivity contribution in [1.29, 1.82) is 0 Å². The van der Waals surface area contributed by atoms with E-state index in [0.29, 0.717) is 11.6 Å². The van der Waals surface area contributed by atoms with Crippen molar-refractivity contribution in [3.05, 3.63) is 94.5 Å². The summed E-state index contributed by atoms with van der Waals surface area (Å²) in [6.07, 6.45) is 0.708. The highest BCUT2D eigenvalue weighted by molar-refractivity contribution is 8.15. The van der Waals surface area contributed by atoms with Gasteiger partial charge in [-0.3, -0.25) is 9.59 Å². The van der Waals surface area contributed by atoms with E-state index in [1.54, 1.807) is 7.11 Å². The molecule has 2 aliphatic heterocycles. The van der Waals surface area contributed by atoms with Crippen molar-refractivity contribution < 1.29 is 14.3 Å². The number of nitrogens with zero attached hydrogens (tertiary/aromatic N) is 3. The number of carbonyl (C=O) groups excluding carboxylic acids is 2. The van der Waals surface area contributed by atoms with Crippen LogP contribution in [0.15, 0.2) is 76.8 Å². The Morgan fingerprint density at radius 1 is 1.00 bits per heavy atom. The fraction of sp³-hybridized carbons (Fsp3) is 0.267. The molecule has 0 saturated carbocycles. The van der Waals surface area contributed by atoms with Gasteiger partial charge in [-0.2, -0.15) is 10.1 Å². The number of hydrogen-bond acceptors (Lipinski definition) is 6. The molecule has 7 nitrogen and oxygen atoms in total. The first-order valence-electron chi connectivity index (χ1n) is 12.5. The molecular formula is C30H30N4O3S. The Kier molecular flexibility index (Phi) is 7.33. The lowest BCUT2D eigenvalue weighted by atomic mass is 9.98. The summed E-state index contributed by atoms with van der Waals surface area (Å²) in [7, 11) is 1.64. The number of thioether (sulfide) groups is 1. The summed E-state index contributed by atoms with van der Waals surface area (Å²) in [6.45, 7) is 6.03. The summed E-state index contributed by atoms with van der Waals surface area (Å²) in [5.41, 5.74) is 7.06. The van der Waals surface area contributed by atoms with Gasteiger partial charge in [0, 0.05) is 18.5 Å². The molecule has 1 N–H and O–H groups in total. The first kappa shape index (κ1) is 25.7. The predicted octanol–water partition coefficient (Wildman–Crippen LogP) is 5.80. The highest BCUT2D eigenvalue weighted by Crippen LogP contribution is 2.39. The van der Waals surface area contributed by atoms with Crippen LogP contribution in [0.5, 0.6) is 5.75 Å². The first-order valence-corrected chi connectivity index (χ1v) is 13.4. The average Bonchev–Trinajstić information content (AvgIpc) is 3.48. The van der Waals surface area contributed by atoms with Crippen molar-refractivity contribution in [2.45, 2.75) is 44.9 Å². The Balaban J connectivity index is 1.35. The monoisotopic (exact) mass is 526 g/mol. The number of amides is 2. The van der Waals surface area contributed by atoms with Gasteiger partial charge in [0.25, 0.3) is 5.91 Å². The predicted molar refractivity (Wildman–Crippen MR) is 153 cm³/mol. The largest absolute Gasteiger partial charge is 0.497 e. The number of hydrogen-bond donors (Lipinski definition) is 1. The van der Waals surface area contributed by atoms with Gasteiger partial charge in [0.1, 0.15) is 11.0 Å². The minimum absolute atomic E-state index is 0.0407. The molecule has 2 heterocycles. The first-order chi connectivity index (χ1) is 18.3. The smallest absolute Gasteiger partial charge is 0.262 e. The van der Waals surface area contributed by atoms with Crippen LogP contribution in [0.2, 0.25) is 0 Å². The van der Waals surface area contributed by atoms with Crippen molar-refractivity contribution in [2.75, 3.05) is 12.4 Å². The van der Waals surface area contributed by atoms with E-state index in [1.807, 2.05) is 61.3 Å². The second-order valence-corrected chi connectivity index (χ2v) is 10.9. The molecule has 8 heteroatoms. The zero-order valence-corrected chi connectivity index (χ0v) is 22.7. The Bertz CT molecular complexity index is 1410. The van der Waals surface area contributed by atoms with Crippen molar-refractivity contribution in [3.8, 4) is 5.75 Å². The van der Waals surface area contributed by atoms with Gasteiger partial charge in [-0.05, 0) is 67.3 Å². The molecule has 0 aromatic heterocycles. The molecule has 0 fully saturated rings. The lowest BCUT2D eigenvalue weighted by Gasteiger charge is -2.23. The fourth-order valence-corrected chi connectivity index (χ4v) is 5.79. The van der Waals surface area contributed by atoms with Crippen LogP contribution in [0.25, 0.3) is 0 Å². The number of aliphatic imine (C=N–C) groups is 1. The van der Waals surface area contributed by atoms with E-state index >= 15 is 0 Å². The molecule has 3 aromatic rings. The maximum Gasteiger partial charge on any atom is 0.262 e. The average molecular weight is 527 g/mol. The van der Waals surface area contributed by atoms with E-state index in [9.17, 15) is 9.59 Å². The Hall–Kier alpha value is -3.91. The second kappa shape index (κ2) is 10.8. The van der Waals surface area contributed by atoms with Crippen molar-refractivity contribution >= 4 is 40.1 Å². The van der Waals surface area contributed by atoms with Crippen LogP contribution in [-0.4, -0.2) is 40.1 Å². The van der Waals surface area contributed by atoms with Gasteiger partial charge in [-0.1, -0.05) is 59.8 Å². The van der Waals surface area contributed by atoms with E-state index in [4.69, 9.17) is 9.84 Å². The molecular weight excluding hydrogens is 496 g/mol. The third kappa shape index (κ3) is 5.65. The molecule has 0 bridgehead atoms. The molecule has 2 aliphatic rings. The Morgan fingerprint density at radius 2 is 1.68 bits per heavy atom. The molecule has 3 aromatic carbocycles. The van der Waals surface area contributed by atoms with E-state index in [-0.39, 0.29) is 24.3 Å². The Labute approximate surface area is 227 Å². The summed E-state index contributed by atoms with van der Waals surface area (Å²) < 4.78 is 5.33. The maximum atomic E-state index is 12.9. The number of hydrazone groups is 1. The molecule has 38 heavy (non-hydrogen) atoms. The lowest BCUT2D eigenvalue weighted by molar-refractivity contribution is -0.121. The Morgan fingerprint density at radius 3 is 2.34 bits per heavy atom. The standard InChI is InChI=1S/C30H30N4O3S/c1-18-5-7-21(8-6-18)25-16-26(22-9-11-24(37-4)12-10-22)34(33-25)30-32-29(36)27(38-30)17-28(35)31-23-14-19(2)13-20(3)15-23/h5-15,26-27H,16-17H2,1-4H3,(H,31,35)/t26-,27-/m0/s1. The van der Waals surface area contributed by atoms with Crippen molar-refractivity contribution in [1.82, 2.24) is 5.01 Å². The quantitative estimate of drug-likeness (QED) is 0.439. The molecule has 0 aliphatic carbocycles. The van der Waals surface area contributed by atoms with Crippen LogP contribution in [0.4, 0.5) is 5.69 Å². The number of amidine groups is 1. The number of anilines is 1. The summed E-state index contributed by atoms with van der Waals surface area (Å²) in [4.78, 5) is 30.0. The fourth-order valence-electron chi connectivity index (χ4n) is 4.72. The van der Waals surface area contributed by atoms with Crippen LogP contribution in [0, 0.1) is 20.8 Å². The number of methoxy groups -OCH3 is 1. The third-order valence-corrected chi connectivity index (χ3v) is 7.74. The van der Waals surface area contributed by atoms with Gasteiger partial charge in [-0.25, -0.2) is 5.01 Å². The van der Waals surface area contributed by atoms with Gasteiger partial charge in [0.15, 0.2) is 5.17 Å². The molecule has 5 rings (SSSR count). The van der Waals surface area contributed by atoms with E-state index in [0.717, 1.165) is 39.4 Å². The van der Waals surface area contributed by atoms with Crippen molar-refractivity contribution in [3.63, 3.8) is 0 Å². The molecule has 0 spiro atoms. The molecule has 2 atom stereocenters. The third-order valence-electron chi connectivity index (χ3n) is 6.60. The number of benzene rings is 3. The minimum Gasteiger partial charge on any atom is -0.497 e. The van der Waals surface area contributed by atoms with Gasteiger partial charge < -0.3 is 10.1 Å².